The van der Waals surface area contributed by atoms with Crippen molar-refractivity contribution >= 4 is 39.8 Å². The number of carbonyl (C=O) groups excluding carboxylic acids is 2. The Bertz CT molecular complexity index is 769. The molecule has 5 nitrogen and oxygen atoms in total. The SMILES string of the molecule is CC(=O)C1=C(O)C(=O)N(c2nccs2)[C@@H]1c1ccc(Cl)cc1. The summed E-state index contributed by atoms with van der Waals surface area (Å²) in [4.78, 5) is 29.8. The van der Waals surface area contributed by atoms with Crippen LogP contribution in [0.5, 0.6) is 0 Å². The third-order valence-electron chi connectivity index (χ3n) is 3.40. The first kappa shape index (κ1) is 14.7. The van der Waals surface area contributed by atoms with E-state index in [0.29, 0.717) is 15.7 Å². The van der Waals surface area contributed by atoms with E-state index in [2.05, 4.69) is 4.98 Å². The zero-order valence-corrected chi connectivity index (χ0v) is 13.1. The van der Waals surface area contributed by atoms with Crippen molar-refractivity contribution < 1.29 is 14.7 Å². The van der Waals surface area contributed by atoms with Crippen LogP contribution in [0.3, 0.4) is 0 Å². The van der Waals surface area contributed by atoms with Crippen molar-refractivity contribution in [1.29, 1.82) is 0 Å². The number of benzene rings is 1. The summed E-state index contributed by atoms with van der Waals surface area (Å²) >= 11 is 7.15. The van der Waals surface area contributed by atoms with Crippen LogP contribution >= 0.6 is 22.9 Å². The highest BCUT2D eigenvalue weighted by molar-refractivity contribution is 7.13. The van der Waals surface area contributed by atoms with E-state index in [0.717, 1.165) is 0 Å². The topological polar surface area (TPSA) is 70.5 Å². The molecule has 0 aliphatic carbocycles. The van der Waals surface area contributed by atoms with Crippen molar-refractivity contribution in [3.8, 4) is 0 Å². The number of hydrogen-bond donors (Lipinski definition) is 1. The van der Waals surface area contributed by atoms with Gasteiger partial charge in [-0.05, 0) is 24.6 Å². The quantitative estimate of drug-likeness (QED) is 0.935. The number of amides is 1. The first-order valence-corrected chi connectivity index (χ1v) is 7.69. The number of ketones is 1. The van der Waals surface area contributed by atoms with Crippen LogP contribution in [0, 0.1) is 0 Å². The molecule has 0 unspecified atom stereocenters. The van der Waals surface area contributed by atoms with E-state index in [-0.39, 0.29) is 11.4 Å². The first-order valence-electron chi connectivity index (χ1n) is 6.43. The molecule has 2 aromatic rings. The summed E-state index contributed by atoms with van der Waals surface area (Å²) in [6.07, 6.45) is 1.56. The molecule has 1 aliphatic heterocycles. The van der Waals surface area contributed by atoms with Crippen molar-refractivity contribution in [2.45, 2.75) is 13.0 Å². The average molecular weight is 335 g/mol. The summed E-state index contributed by atoms with van der Waals surface area (Å²) in [6.45, 7) is 1.33. The maximum Gasteiger partial charge on any atom is 0.296 e. The molecule has 3 rings (SSSR count). The molecular weight excluding hydrogens is 324 g/mol. The summed E-state index contributed by atoms with van der Waals surface area (Å²) in [5, 5.41) is 12.8. The molecule has 0 bridgehead atoms. The highest BCUT2D eigenvalue weighted by atomic mass is 35.5. The van der Waals surface area contributed by atoms with Crippen LogP contribution in [0.2, 0.25) is 5.02 Å². The molecule has 0 fully saturated rings. The van der Waals surface area contributed by atoms with Gasteiger partial charge in [-0.2, -0.15) is 0 Å². The van der Waals surface area contributed by atoms with Crippen molar-refractivity contribution in [2.75, 3.05) is 4.90 Å². The summed E-state index contributed by atoms with van der Waals surface area (Å²) in [5.41, 5.74) is 0.754. The Labute approximate surface area is 135 Å². The monoisotopic (exact) mass is 334 g/mol. The van der Waals surface area contributed by atoms with Crippen LogP contribution < -0.4 is 4.90 Å². The normalized spacial score (nSPS) is 18.2. The van der Waals surface area contributed by atoms with E-state index < -0.39 is 17.7 Å². The Balaban J connectivity index is 2.16. The van der Waals surface area contributed by atoms with Crippen LogP contribution in [0.1, 0.15) is 18.5 Å². The molecule has 1 amide bonds. The maximum atomic E-state index is 12.4. The van der Waals surface area contributed by atoms with E-state index in [1.807, 2.05) is 0 Å². The number of anilines is 1. The third kappa shape index (κ3) is 2.30. The fourth-order valence-corrected chi connectivity index (χ4v) is 3.25. The maximum absolute atomic E-state index is 12.4. The van der Waals surface area contributed by atoms with Gasteiger partial charge in [0.05, 0.1) is 11.6 Å². The molecule has 0 saturated carbocycles. The van der Waals surface area contributed by atoms with Gasteiger partial charge >= 0.3 is 0 Å². The number of hydrogen-bond acceptors (Lipinski definition) is 5. The molecule has 112 valence electrons. The predicted molar refractivity (Wildman–Crippen MR) is 84.1 cm³/mol. The lowest BCUT2D eigenvalue weighted by Crippen LogP contribution is -2.30. The number of aliphatic hydroxyl groups is 1. The Morgan fingerprint density at radius 1 is 1.36 bits per heavy atom. The van der Waals surface area contributed by atoms with Gasteiger partial charge in [0, 0.05) is 16.6 Å². The van der Waals surface area contributed by atoms with Crippen LogP contribution in [-0.2, 0) is 9.59 Å². The summed E-state index contributed by atoms with van der Waals surface area (Å²) < 4.78 is 0. The molecule has 1 aromatic heterocycles. The van der Waals surface area contributed by atoms with Crippen molar-refractivity contribution in [1.82, 2.24) is 4.98 Å². The number of halogens is 1. The summed E-state index contributed by atoms with van der Waals surface area (Å²) in [6, 6.07) is 6.10. The van der Waals surface area contributed by atoms with Gasteiger partial charge in [0.1, 0.15) is 0 Å². The second-order valence-electron chi connectivity index (χ2n) is 4.76. The van der Waals surface area contributed by atoms with Gasteiger partial charge in [-0.3, -0.25) is 14.5 Å². The van der Waals surface area contributed by atoms with Crippen LogP contribution in [0.25, 0.3) is 0 Å². The predicted octanol–water partition coefficient (Wildman–Crippen LogP) is 3.29. The Morgan fingerprint density at radius 3 is 2.59 bits per heavy atom. The van der Waals surface area contributed by atoms with Gasteiger partial charge < -0.3 is 5.11 Å². The van der Waals surface area contributed by atoms with E-state index in [9.17, 15) is 14.7 Å². The van der Waals surface area contributed by atoms with E-state index in [1.54, 1.807) is 35.8 Å². The Morgan fingerprint density at radius 2 is 2.05 bits per heavy atom. The lowest BCUT2D eigenvalue weighted by atomic mass is 9.97. The number of nitrogens with zero attached hydrogens (tertiary/aromatic N) is 2. The molecule has 0 radical (unpaired) electrons. The van der Waals surface area contributed by atoms with E-state index in [4.69, 9.17) is 11.6 Å². The molecule has 1 N–H and O–H groups in total. The largest absolute Gasteiger partial charge is 0.503 e. The van der Waals surface area contributed by atoms with Gasteiger partial charge in [0.15, 0.2) is 16.7 Å². The van der Waals surface area contributed by atoms with Crippen LogP contribution in [0.4, 0.5) is 5.13 Å². The highest BCUT2D eigenvalue weighted by Crippen LogP contribution is 2.41. The average Bonchev–Trinajstić information content (AvgIpc) is 3.08. The van der Waals surface area contributed by atoms with Crippen LogP contribution in [-0.4, -0.2) is 21.8 Å². The molecule has 22 heavy (non-hydrogen) atoms. The standard InChI is InChI=1S/C15H11ClN2O3S/c1-8(19)11-12(9-2-4-10(16)5-3-9)18(14(21)13(11)20)15-17-6-7-22-15/h2-7,12,20H,1H3/t12-/m1/s1. The lowest BCUT2D eigenvalue weighted by Gasteiger charge is -2.24. The van der Waals surface area contributed by atoms with Gasteiger partial charge in [0.25, 0.3) is 5.91 Å². The van der Waals surface area contributed by atoms with Gasteiger partial charge in [-0.25, -0.2) is 4.98 Å². The minimum Gasteiger partial charge on any atom is -0.503 e. The lowest BCUT2D eigenvalue weighted by molar-refractivity contribution is -0.117. The Hall–Kier alpha value is -2.18. The minimum absolute atomic E-state index is 0.0718. The van der Waals surface area contributed by atoms with Crippen molar-refractivity contribution in [3.63, 3.8) is 0 Å². The zero-order valence-electron chi connectivity index (χ0n) is 11.5. The number of Topliss-reactive ketones (excluding diaryl/α,β-unsaturated/α-hetero) is 1. The fourth-order valence-electron chi connectivity index (χ4n) is 2.46. The molecule has 1 aromatic carbocycles. The van der Waals surface area contributed by atoms with Crippen LogP contribution in [0.15, 0.2) is 47.2 Å². The van der Waals surface area contributed by atoms with E-state index in [1.165, 1.54) is 23.2 Å². The number of aromatic nitrogens is 1. The molecule has 1 atom stereocenters. The highest BCUT2D eigenvalue weighted by Gasteiger charge is 2.44. The smallest absolute Gasteiger partial charge is 0.296 e. The molecule has 7 heteroatoms. The number of carbonyl (C=O) groups is 2. The third-order valence-corrected chi connectivity index (χ3v) is 4.42. The summed E-state index contributed by atoms with van der Waals surface area (Å²) in [5.74, 6) is -1.51. The Kier molecular flexibility index (Phi) is 3.72. The molecule has 0 saturated heterocycles. The second kappa shape index (κ2) is 5.55. The molecular formula is C15H11ClN2O3S. The zero-order chi connectivity index (χ0) is 15.9. The number of aliphatic hydroxyl groups excluding tert-OH is 1. The van der Waals surface area contributed by atoms with Crippen molar-refractivity contribution in [3.05, 3.63) is 57.8 Å². The van der Waals surface area contributed by atoms with Gasteiger partial charge in [-0.1, -0.05) is 23.7 Å². The molecule has 1 aliphatic rings. The fraction of sp³-hybridized carbons (Fsp3) is 0.133. The molecule has 0 spiro atoms. The second-order valence-corrected chi connectivity index (χ2v) is 6.07. The minimum atomic E-state index is -0.701. The number of thiazole rings is 1. The van der Waals surface area contributed by atoms with Gasteiger partial charge in [-0.15, -0.1) is 11.3 Å². The van der Waals surface area contributed by atoms with Gasteiger partial charge in [0.2, 0.25) is 0 Å². The van der Waals surface area contributed by atoms with E-state index >= 15 is 0 Å². The molecule has 2 heterocycles. The summed E-state index contributed by atoms with van der Waals surface area (Å²) in [7, 11) is 0. The number of rotatable bonds is 3. The van der Waals surface area contributed by atoms with Crippen molar-refractivity contribution in [2.24, 2.45) is 0 Å². The first-order chi connectivity index (χ1) is 10.5.